The van der Waals surface area contributed by atoms with E-state index in [0.29, 0.717) is 22.7 Å². The number of hydrogen-bond acceptors (Lipinski definition) is 5. The highest BCUT2D eigenvalue weighted by atomic mass is 16.5. The molecule has 0 unspecified atom stereocenters. The van der Waals surface area contributed by atoms with Gasteiger partial charge in [-0.3, -0.25) is 9.59 Å². The molecule has 0 bridgehead atoms. The van der Waals surface area contributed by atoms with Crippen molar-refractivity contribution in [2.75, 3.05) is 19.0 Å². The smallest absolute Gasteiger partial charge is 0.262 e. The molecular weight excluding hydrogens is 394 g/mol. The van der Waals surface area contributed by atoms with Gasteiger partial charge in [-0.05, 0) is 41.5 Å². The number of benzene rings is 3. The number of nitrogens with one attached hydrogen (secondary N) is 2. The average Bonchev–Trinajstić information content (AvgIpc) is 2.79. The van der Waals surface area contributed by atoms with Gasteiger partial charge in [0.15, 0.2) is 18.1 Å². The molecule has 0 aliphatic carbocycles. The van der Waals surface area contributed by atoms with Crippen LogP contribution in [0.2, 0.25) is 0 Å². The molecule has 7 heteroatoms. The van der Waals surface area contributed by atoms with E-state index in [2.05, 4.69) is 15.8 Å². The lowest BCUT2D eigenvalue weighted by molar-refractivity contribution is -0.120. The van der Waals surface area contributed by atoms with Crippen molar-refractivity contribution >= 4 is 23.7 Å². The highest BCUT2D eigenvalue weighted by Crippen LogP contribution is 2.27. The summed E-state index contributed by atoms with van der Waals surface area (Å²) in [6.45, 7) is -0.158. The Morgan fingerprint density at radius 2 is 1.61 bits per heavy atom. The van der Waals surface area contributed by atoms with Gasteiger partial charge < -0.3 is 14.8 Å². The molecule has 158 valence electrons. The zero-order valence-electron chi connectivity index (χ0n) is 17.1. The van der Waals surface area contributed by atoms with Crippen molar-refractivity contribution in [2.24, 2.45) is 5.10 Å². The van der Waals surface area contributed by atoms with Gasteiger partial charge in [-0.25, -0.2) is 5.43 Å². The predicted octanol–water partition coefficient (Wildman–Crippen LogP) is 3.41. The van der Waals surface area contributed by atoms with Crippen molar-refractivity contribution in [3.05, 3.63) is 90.0 Å². The van der Waals surface area contributed by atoms with Crippen molar-refractivity contribution in [1.82, 2.24) is 5.43 Å². The van der Waals surface area contributed by atoms with Crippen molar-refractivity contribution in [3.8, 4) is 11.5 Å². The minimum atomic E-state index is -0.278. The summed E-state index contributed by atoms with van der Waals surface area (Å²) in [6, 6.07) is 23.7. The lowest BCUT2D eigenvalue weighted by Crippen LogP contribution is -2.20. The van der Waals surface area contributed by atoms with E-state index in [1.54, 1.807) is 30.3 Å². The third kappa shape index (κ3) is 7.01. The molecule has 3 rings (SSSR count). The quantitative estimate of drug-likeness (QED) is 0.413. The number of methoxy groups -OCH3 is 1. The summed E-state index contributed by atoms with van der Waals surface area (Å²) < 4.78 is 10.9. The van der Waals surface area contributed by atoms with Gasteiger partial charge in [-0.15, -0.1) is 0 Å². The Morgan fingerprint density at radius 1 is 0.903 bits per heavy atom. The van der Waals surface area contributed by atoms with Crippen LogP contribution in [0.4, 0.5) is 5.69 Å². The fourth-order valence-electron chi connectivity index (χ4n) is 2.75. The van der Waals surface area contributed by atoms with Crippen LogP contribution in [0.15, 0.2) is 84.0 Å². The van der Waals surface area contributed by atoms with Crippen LogP contribution in [-0.2, 0) is 16.0 Å². The van der Waals surface area contributed by atoms with Gasteiger partial charge in [0, 0.05) is 5.69 Å². The zero-order valence-corrected chi connectivity index (χ0v) is 17.1. The molecule has 31 heavy (non-hydrogen) atoms. The van der Waals surface area contributed by atoms with E-state index in [1.807, 2.05) is 48.5 Å². The number of carbonyl (C=O) groups is 2. The first kappa shape index (κ1) is 21.6. The third-order valence-corrected chi connectivity index (χ3v) is 4.21. The van der Waals surface area contributed by atoms with Crippen LogP contribution in [0.1, 0.15) is 11.1 Å². The SMILES string of the molecule is COc1cc(/C=N\NC(=O)Cc2ccccc2)ccc1OCC(=O)Nc1ccccc1. The van der Waals surface area contributed by atoms with Crippen LogP contribution in [-0.4, -0.2) is 31.7 Å². The van der Waals surface area contributed by atoms with Crippen LogP contribution >= 0.6 is 0 Å². The summed E-state index contributed by atoms with van der Waals surface area (Å²) in [5, 5.41) is 6.73. The first-order valence-electron chi connectivity index (χ1n) is 9.65. The van der Waals surface area contributed by atoms with Crippen molar-refractivity contribution in [2.45, 2.75) is 6.42 Å². The Bertz CT molecular complexity index is 1040. The fourth-order valence-corrected chi connectivity index (χ4v) is 2.75. The normalized spacial score (nSPS) is 10.5. The number of nitrogens with zero attached hydrogens (tertiary/aromatic N) is 1. The standard InChI is InChI=1S/C24H23N3O4/c1-30-22-14-19(16-25-27-23(28)15-18-8-4-2-5-9-18)12-13-21(22)31-17-24(29)26-20-10-6-3-7-11-20/h2-14,16H,15,17H2,1H3,(H,26,29)(H,27,28)/b25-16-. The zero-order chi connectivity index (χ0) is 21.9. The molecule has 2 amide bonds. The van der Waals surface area contributed by atoms with Crippen molar-refractivity contribution < 1.29 is 19.1 Å². The maximum Gasteiger partial charge on any atom is 0.262 e. The molecule has 3 aromatic rings. The molecule has 0 aromatic heterocycles. The Hall–Kier alpha value is -4.13. The van der Waals surface area contributed by atoms with Crippen LogP contribution in [0.5, 0.6) is 11.5 Å². The summed E-state index contributed by atoms with van der Waals surface area (Å²) in [4.78, 5) is 24.0. The highest BCUT2D eigenvalue weighted by Gasteiger charge is 2.09. The molecule has 0 spiro atoms. The van der Waals surface area contributed by atoms with Gasteiger partial charge in [0.05, 0.1) is 19.7 Å². The number of amides is 2. The van der Waals surface area contributed by atoms with Gasteiger partial charge in [0.1, 0.15) is 0 Å². The number of para-hydroxylation sites is 1. The summed E-state index contributed by atoms with van der Waals surface area (Å²) in [7, 11) is 1.51. The van der Waals surface area contributed by atoms with Gasteiger partial charge in [0.2, 0.25) is 5.91 Å². The Kier molecular flexibility index (Phi) is 7.77. The molecule has 0 aliphatic rings. The third-order valence-electron chi connectivity index (χ3n) is 4.21. The first-order valence-corrected chi connectivity index (χ1v) is 9.65. The molecule has 7 nitrogen and oxygen atoms in total. The molecule has 0 fully saturated rings. The molecule has 0 saturated carbocycles. The lowest BCUT2D eigenvalue weighted by Gasteiger charge is -2.11. The Labute approximate surface area is 180 Å². The number of anilines is 1. The van der Waals surface area contributed by atoms with E-state index in [0.717, 1.165) is 5.56 Å². The molecule has 0 saturated heterocycles. The van der Waals surface area contributed by atoms with E-state index in [9.17, 15) is 9.59 Å². The summed E-state index contributed by atoms with van der Waals surface area (Å²) in [6.07, 6.45) is 1.76. The highest BCUT2D eigenvalue weighted by molar-refractivity contribution is 5.92. The topological polar surface area (TPSA) is 89.0 Å². The van der Waals surface area contributed by atoms with E-state index in [4.69, 9.17) is 9.47 Å². The fraction of sp³-hybridized carbons (Fsp3) is 0.125. The number of rotatable bonds is 9. The molecule has 0 heterocycles. The second-order valence-electron chi connectivity index (χ2n) is 6.57. The van der Waals surface area contributed by atoms with Crippen molar-refractivity contribution in [3.63, 3.8) is 0 Å². The monoisotopic (exact) mass is 417 g/mol. The van der Waals surface area contributed by atoms with Crippen LogP contribution in [0.3, 0.4) is 0 Å². The van der Waals surface area contributed by atoms with Crippen LogP contribution in [0.25, 0.3) is 0 Å². The number of carbonyl (C=O) groups excluding carboxylic acids is 2. The van der Waals surface area contributed by atoms with Gasteiger partial charge >= 0.3 is 0 Å². The summed E-state index contributed by atoms with van der Waals surface area (Å²) in [5.74, 6) is 0.391. The maximum absolute atomic E-state index is 12.1. The van der Waals surface area contributed by atoms with E-state index in [1.165, 1.54) is 13.3 Å². The van der Waals surface area contributed by atoms with E-state index in [-0.39, 0.29) is 24.8 Å². The maximum atomic E-state index is 12.1. The van der Waals surface area contributed by atoms with Crippen molar-refractivity contribution in [1.29, 1.82) is 0 Å². The minimum absolute atomic E-state index is 0.158. The second-order valence-corrected chi connectivity index (χ2v) is 6.57. The Balaban J connectivity index is 1.52. The Morgan fingerprint density at radius 3 is 2.32 bits per heavy atom. The molecule has 3 aromatic carbocycles. The lowest BCUT2D eigenvalue weighted by atomic mass is 10.1. The van der Waals surface area contributed by atoms with Gasteiger partial charge in [-0.1, -0.05) is 48.5 Å². The summed E-state index contributed by atoms with van der Waals surface area (Å²) in [5.41, 5.74) is 4.82. The molecule has 0 atom stereocenters. The average molecular weight is 417 g/mol. The molecule has 2 N–H and O–H groups in total. The second kappa shape index (κ2) is 11.2. The van der Waals surface area contributed by atoms with Crippen LogP contribution < -0.4 is 20.2 Å². The largest absolute Gasteiger partial charge is 0.493 e. The van der Waals surface area contributed by atoms with Crippen LogP contribution in [0, 0.1) is 0 Å². The summed E-state index contributed by atoms with van der Waals surface area (Å²) >= 11 is 0. The molecular formula is C24H23N3O4. The van der Waals surface area contributed by atoms with E-state index >= 15 is 0 Å². The molecule has 0 radical (unpaired) electrons. The first-order chi connectivity index (χ1) is 15.1. The van der Waals surface area contributed by atoms with Gasteiger partial charge in [0.25, 0.3) is 5.91 Å². The predicted molar refractivity (Wildman–Crippen MR) is 119 cm³/mol. The van der Waals surface area contributed by atoms with E-state index < -0.39 is 0 Å². The number of ether oxygens (including phenoxy) is 2. The molecule has 0 aliphatic heterocycles. The van der Waals surface area contributed by atoms with Gasteiger partial charge in [-0.2, -0.15) is 5.10 Å². The number of hydrazone groups is 1. The minimum Gasteiger partial charge on any atom is -0.493 e. The number of hydrogen-bond donors (Lipinski definition) is 2.